The second kappa shape index (κ2) is 5.71. The maximum absolute atomic E-state index is 12.1. The van der Waals surface area contributed by atoms with Crippen LogP contribution in [0.3, 0.4) is 0 Å². The molecule has 0 aliphatic carbocycles. The summed E-state index contributed by atoms with van der Waals surface area (Å²) in [5.41, 5.74) is 6.41. The quantitative estimate of drug-likeness (QED) is 0.490. The average Bonchev–Trinajstić information content (AvgIpc) is 2.87. The molecule has 2 aromatic heterocycles. The van der Waals surface area contributed by atoms with Crippen molar-refractivity contribution in [3.8, 4) is 0 Å². The summed E-state index contributed by atoms with van der Waals surface area (Å²) in [6.45, 7) is 0.795. The Balaban J connectivity index is 2.25. The first-order valence-electron chi connectivity index (χ1n) is 6.10. The van der Waals surface area contributed by atoms with Crippen molar-refractivity contribution >= 4 is 23.0 Å². The summed E-state index contributed by atoms with van der Waals surface area (Å²) >= 11 is 0. The molecular formula is C11H15N7O3. The number of hydrogen-bond donors (Lipinski definition) is 4. The van der Waals surface area contributed by atoms with Crippen LogP contribution in [0.2, 0.25) is 0 Å². The Morgan fingerprint density at radius 1 is 1.57 bits per heavy atom. The summed E-state index contributed by atoms with van der Waals surface area (Å²) in [7, 11) is 0. The van der Waals surface area contributed by atoms with Crippen molar-refractivity contribution in [2.24, 2.45) is 5.73 Å². The molecule has 21 heavy (non-hydrogen) atoms. The Morgan fingerprint density at radius 3 is 2.90 bits per heavy atom. The van der Waals surface area contributed by atoms with E-state index in [9.17, 15) is 9.59 Å². The number of carboxylic acids is 1. The number of aliphatic carboxylic acids is 1. The lowest BCUT2D eigenvalue weighted by Crippen LogP contribution is -2.48. The smallest absolute Gasteiger partial charge is 0.323 e. The summed E-state index contributed by atoms with van der Waals surface area (Å²) < 4.78 is 1.29. The number of carboxylic acid groups (broad SMARTS) is 1. The van der Waals surface area contributed by atoms with Gasteiger partial charge in [0.15, 0.2) is 11.1 Å². The van der Waals surface area contributed by atoms with Gasteiger partial charge in [0.25, 0.3) is 0 Å². The van der Waals surface area contributed by atoms with Crippen LogP contribution in [0, 0.1) is 5.41 Å². The van der Waals surface area contributed by atoms with Crippen LogP contribution in [0.5, 0.6) is 0 Å². The summed E-state index contributed by atoms with van der Waals surface area (Å²) in [5.74, 6) is -1.66. The zero-order chi connectivity index (χ0) is 15.6. The molecule has 0 spiro atoms. The topological polar surface area (TPSA) is 154 Å². The molecule has 1 amide bonds. The van der Waals surface area contributed by atoms with Gasteiger partial charge in [-0.15, -0.1) is 0 Å². The molecule has 10 nitrogen and oxygen atoms in total. The minimum Gasteiger partial charge on any atom is -0.480 e. The zero-order valence-electron chi connectivity index (χ0n) is 11.3. The molecule has 0 aromatic carbocycles. The van der Waals surface area contributed by atoms with Crippen molar-refractivity contribution < 1.29 is 14.7 Å². The number of rotatable bonds is 5. The van der Waals surface area contributed by atoms with Crippen LogP contribution < -0.4 is 11.2 Å². The fourth-order valence-corrected chi connectivity index (χ4v) is 1.85. The highest BCUT2D eigenvalue weighted by atomic mass is 16.4. The predicted molar refractivity (Wildman–Crippen MR) is 70.7 cm³/mol. The van der Waals surface area contributed by atoms with Gasteiger partial charge in [0.1, 0.15) is 18.6 Å². The van der Waals surface area contributed by atoms with Crippen LogP contribution in [0.15, 0.2) is 12.7 Å². The van der Waals surface area contributed by atoms with E-state index in [-0.39, 0.29) is 12.0 Å². The highest BCUT2D eigenvalue weighted by molar-refractivity contribution is 5.81. The van der Waals surface area contributed by atoms with Crippen LogP contribution in [0.1, 0.15) is 6.92 Å². The fraction of sp³-hybridized carbons (Fsp3) is 0.364. The van der Waals surface area contributed by atoms with E-state index in [4.69, 9.17) is 16.2 Å². The number of nitrogens with one attached hydrogen (secondary N) is 2. The second-order valence-corrected chi connectivity index (χ2v) is 4.48. The molecule has 0 aliphatic rings. The fourth-order valence-electron chi connectivity index (χ4n) is 1.85. The Morgan fingerprint density at radius 2 is 2.29 bits per heavy atom. The van der Waals surface area contributed by atoms with Crippen molar-refractivity contribution in [2.45, 2.75) is 19.6 Å². The molecule has 10 heteroatoms. The third-order valence-electron chi connectivity index (χ3n) is 2.89. The maximum atomic E-state index is 12.1. The van der Waals surface area contributed by atoms with E-state index in [1.165, 1.54) is 24.1 Å². The molecule has 2 heterocycles. The van der Waals surface area contributed by atoms with Gasteiger partial charge in [0.05, 0.1) is 18.8 Å². The Hall–Kier alpha value is -2.75. The van der Waals surface area contributed by atoms with Crippen molar-refractivity contribution in [2.75, 3.05) is 6.54 Å². The van der Waals surface area contributed by atoms with E-state index >= 15 is 0 Å². The maximum Gasteiger partial charge on any atom is 0.323 e. The van der Waals surface area contributed by atoms with E-state index in [2.05, 4.69) is 15.0 Å². The van der Waals surface area contributed by atoms with Crippen LogP contribution in [0.25, 0.3) is 11.2 Å². The lowest BCUT2D eigenvalue weighted by atomic mass is 10.4. The van der Waals surface area contributed by atoms with Gasteiger partial charge in [-0.2, -0.15) is 0 Å². The van der Waals surface area contributed by atoms with E-state index in [0.29, 0.717) is 11.2 Å². The van der Waals surface area contributed by atoms with Gasteiger partial charge in [-0.05, 0) is 6.92 Å². The van der Waals surface area contributed by atoms with Gasteiger partial charge >= 0.3 is 5.97 Å². The van der Waals surface area contributed by atoms with Crippen molar-refractivity contribution in [1.82, 2.24) is 24.4 Å². The summed E-state index contributed by atoms with van der Waals surface area (Å²) in [6.07, 6.45) is 1.97. The van der Waals surface area contributed by atoms with E-state index in [1.54, 1.807) is 0 Å². The number of hydrogen-bond acceptors (Lipinski definition) is 6. The predicted octanol–water partition coefficient (Wildman–Crippen LogP) is -1.54. The number of amides is 1. The van der Waals surface area contributed by atoms with E-state index in [1.807, 2.05) is 0 Å². The van der Waals surface area contributed by atoms with Gasteiger partial charge < -0.3 is 25.3 Å². The summed E-state index contributed by atoms with van der Waals surface area (Å²) in [6, 6.07) is 0. The molecule has 0 saturated carbocycles. The lowest BCUT2D eigenvalue weighted by molar-refractivity contribution is -0.146. The molecule has 2 rings (SSSR count). The number of H-pyrrole nitrogens is 1. The SMILES string of the molecule is CC(N)N(CC(=O)O)C(=O)Cn1cnc2nc[nH]c2c1=N. The van der Waals surface area contributed by atoms with Gasteiger partial charge in [-0.1, -0.05) is 0 Å². The molecule has 112 valence electrons. The lowest BCUT2D eigenvalue weighted by Gasteiger charge is -2.24. The highest BCUT2D eigenvalue weighted by Crippen LogP contribution is 2.00. The minimum absolute atomic E-state index is 0.0331. The van der Waals surface area contributed by atoms with Crippen molar-refractivity contribution in [1.29, 1.82) is 5.41 Å². The zero-order valence-corrected chi connectivity index (χ0v) is 11.3. The van der Waals surface area contributed by atoms with Crippen LogP contribution in [-0.4, -0.2) is 54.1 Å². The first kappa shape index (κ1) is 14.7. The van der Waals surface area contributed by atoms with E-state index < -0.39 is 24.6 Å². The van der Waals surface area contributed by atoms with E-state index in [0.717, 1.165) is 4.90 Å². The highest BCUT2D eigenvalue weighted by Gasteiger charge is 2.20. The Kier molecular flexibility index (Phi) is 3.98. The van der Waals surface area contributed by atoms with Gasteiger partial charge in [-0.25, -0.2) is 9.97 Å². The molecular weight excluding hydrogens is 278 g/mol. The van der Waals surface area contributed by atoms with Crippen LogP contribution in [-0.2, 0) is 16.1 Å². The van der Waals surface area contributed by atoms with Crippen molar-refractivity contribution in [3.05, 3.63) is 18.1 Å². The van der Waals surface area contributed by atoms with Crippen LogP contribution >= 0.6 is 0 Å². The Labute approximate surface area is 118 Å². The molecule has 0 fully saturated rings. The number of fused-ring (bicyclic) bond motifs is 1. The molecule has 0 bridgehead atoms. The standard InChI is InChI=1S/C11H15N7O3/c1-6(12)18(3-8(20)21)7(19)2-17-5-16-11-9(10(17)13)14-4-15-11/h4-6,13H,2-3,12H2,1H3,(H,14,15)(H,20,21). The number of nitrogens with two attached hydrogens (primary N) is 1. The van der Waals surface area contributed by atoms with Gasteiger partial charge in [-0.3, -0.25) is 15.0 Å². The minimum atomic E-state index is -1.15. The van der Waals surface area contributed by atoms with Gasteiger partial charge in [0.2, 0.25) is 5.91 Å². The molecule has 1 unspecified atom stereocenters. The molecule has 1 atom stereocenters. The van der Waals surface area contributed by atoms with Crippen LogP contribution in [0.4, 0.5) is 0 Å². The number of carbonyl (C=O) groups excluding carboxylic acids is 1. The number of aromatic amines is 1. The first-order valence-corrected chi connectivity index (χ1v) is 6.10. The molecule has 2 aromatic rings. The second-order valence-electron chi connectivity index (χ2n) is 4.48. The molecule has 0 saturated heterocycles. The monoisotopic (exact) mass is 293 g/mol. The molecule has 0 aliphatic heterocycles. The third-order valence-corrected chi connectivity index (χ3v) is 2.89. The number of nitrogens with zero attached hydrogens (tertiary/aromatic N) is 4. The third kappa shape index (κ3) is 3.05. The van der Waals surface area contributed by atoms with Gasteiger partial charge in [0, 0.05) is 0 Å². The normalized spacial score (nSPS) is 12.3. The average molecular weight is 293 g/mol. The number of aromatic nitrogens is 4. The summed E-state index contributed by atoms with van der Waals surface area (Å²) in [5, 5.41) is 16.8. The number of carbonyl (C=O) groups is 2. The number of imidazole rings is 1. The first-order chi connectivity index (χ1) is 9.90. The largest absolute Gasteiger partial charge is 0.480 e. The molecule has 0 radical (unpaired) electrons. The molecule has 5 N–H and O–H groups in total. The summed E-state index contributed by atoms with van der Waals surface area (Å²) in [4.78, 5) is 34.6. The Bertz CT molecular complexity index is 733. The van der Waals surface area contributed by atoms with Crippen molar-refractivity contribution in [3.63, 3.8) is 0 Å².